The molecule has 2 amide bonds. The maximum absolute atomic E-state index is 15.1. The van der Waals surface area contributed by atoms with Gasteiger partial charge in [-0.3, -0.25) is 14.4 Å². The molecule has 3 saturated heterocycles. The topological polar surface area (TPSA) is 87.2 Å². The summed E-state index contributed by atoms with van der Waals surface area (Å²) in [5, 5.41) is 12.7. The molecule has 0 saturated carbocycles. The van der Waals surface area contributed by atoms with Crippen molar-refractivity contribution in [1.82, 2.24) is 4.90 Å². The molecule has 0 aliphatic carbocycles. The largest absolute Gasteiger partial charge is 0.461 e. The molecule has 6 rings (SSSR count). The number of anilines is 1. The van der Waals surface area contributed by atoms with Gasteiger partial charge >= 0.3 is 5.97 Å². The monoisotopic (exact) mass is 610 g/mol. The van der Waals surface area contributed by atoms with E-state index in [0.717, 1.165) is 16.3 Å². The van der Waals surface area contributed by atoms with E-state index in [0.29, 0.717) is 18.5 Å². The van der Waals surface area contributed by atoms with E-state index in [1.807, 2.05) is 72.8 Å². The lowest BCUT2D eigenvalue weighted by atomic mass is 9.66. The first-order valence-corrected chi connectivity index (χ1v) is 16.1. The first-order chi connectivity index (χ1) is 21.3. The molecule has 3 aromatic carbocycles. The third kappa shape index (κ3) is 4.85. The lowest BCUT2D eigenvalue weighted by Crippen LogP contribution is -2.59. The molecule has 7 nitrogen and oxygen atoms in total. The molecular weight excluding hydrogens is 572 g/mol. The van der Waals surface area contributed by atoms with Gasteiger partial charge in [-0.25, -0.2) is 0 Å². The Balaban J connectivity index is 1.47. The Morgan fingerprint density at radius 1 is 1.09 bits per heavy atom. The fourth-order valence-corrected chi connectivity index (χ4v) is 10.1. The lowest BCUT2D eigenvalue weighted by Gasteiger charge is -2.42. The van der Waals surface area contributed by atoms with Crippen LogP contribution in [0.15, 0.2) is 98.1 Å². The van der Waals surface area contributed by atoms with Crippen molar-refractivity contribution in [3.8, 4) is 0 Å². The van der Waals surface area contributed by atoms with Crippen LogP contribution in [-0.4, -0.2) is 69.6 Å². The van der Waals surface area contributed by atoms with Crippen molar-refractivity contribution < 1.29 is 24.2 Å². The summed E-state index contributed by atoms with van der Waals surface area (Å²) < 4.78 is 4.68. The van der Waals surface area contributed by atoms with Gasteiger partial charge in [-0.15, -0.1) is 18.3 Å². The highest BCUT2D eigenvalue weighted by atomic mass is 32.2. The van der Waals surface area contributed by atoms with Crippen LogP contribution >= 0.6 is 11.8 Å². The number of aliphatic hydroxyl groups excluding tert-OH is 1. The average molecular weight is 611 g/mol. The number of thioether (sulfide) groups is 1. The lowest BCUT2D eigenvalue weighted by molar-refractivity contribution is -0.154. The minimum atomic E-state index is -0.894. The molecule has 7 atom stereocenters. The van der Waals surface area contributed by atoms with E-state index in [1.165, 1.54) is 6.08 Å². The maximum atomic E-state index is 15.1. The molecule has 3 unspecified atom stereocenters. The van der Waals surface area contributed by atoms with Gasteiger partial charge in [0, 0.05) is 17.5 Å². The Bertz CT molecular complexity index is 1590. The first-order valence-electron chi connectivity index (χ1n) is 15.2. The molecule has 0 radical (unpaired) electrons. The fraction of sp³-hybridized carbons (Fsp3) is 0.361. The number of aliphatic hydroxyl groups is 1. The van der Waals surface area contributed by atoms with Crippen molar-refractivity contribution in [2.75, 3.05) is 24.7 Å². The van der Waals surface area contributed by atoms with Crippen molar-refractivity contribution >= 4 is 46.0 Å². The van der Waals surface area contributed by atoms with Crippen LogP contribution in [0.4, 0.5) is 5.69 Å². The predicted octanol–water partition coefficient (Wildman–Crippen LogP) is 5.03. The van der Waals surface area contributed by atoms with Crippen LogP contribution < -0.4 is 4.90 Å². The van der Waals surface area contributed by atoms with Crippen LogP contribution in [0.3, 0.4) is 0 Å². The molecule has 3 aliphatic heterocycles. The Morgan fingerprint density at radius 3 is 2.52 bits per heavy atom. The van der Waals surface area contributed by atoms with Gasteiger partial charge in [-0.1, -0.05) is 86.3 Å². The van der Waals surface area contributed by atoms with E-state index < -0.39 is 34.6 Å². The van der Waals surface area contributed by atoms with Crippen molar-refractivity contribution in [1.29, 1.82) is 0 Å². The number of carbonyl (C=O) groups is 3. The number of likely N-dealkylation sites (tertiary alicyclic amines) is 1. The van der Waals surface area contributed by atoms with Crippen LogP contribution in [0.5, 0.6) is 0 Å². The Kier molecular flexibility index (Phi) is 8.40. The molecule has 3 aromatic rings. The van der Waals surface area contributed by atoms with E-state index in [2.05, 4.69) is 20.1 Å². The summed E-state index contributed by atoms with van der Waals surface area (Å²) in [5.74, 6) is -2.36. The number of fused-ring (bicyclic) bond motifs is 2. The van der Waals surface area contributed by atoms with E-state index in [4.69, 9.17) is 4.74 Å². The molecule has 44 heavy (non-hydrogen) atoms. The van der Waals surface area contributed by atoms with Gasteiger partial charge in [-0.2, -0.15) is 0 Å². The summed E-state index contributed by atoms with van der Waals surface area (Å²) in [6.07, 6.45) is 4.28. The van der Waals surface area contributed by atoms with E-state index in [9.17, 15) is 14.7 Å². The highest BCUT2D eigenvalue weighted by Gasteiger charge is 2.77. The fourth-order valence-electron chi connectivity index (χ4n) is 7.72. The minimum Gasteiger partial charge on any atom is -0.461 e. The van der Waals surface area contributed by atoms with E-state index in [1.54, 1.807) is 27.6 Å². The molecule has 3 fully saturated rings. The molecule has 3 aliphatic rings. The zero-order valence-electron chi connectivity index (χ0n) is 24.9. The first kappa shape index (κ1) is 30.2. The van der Waals surface area contributed by atoms with Gasteiger partial charge in [0.1, 0.15) is 12.6 Å². The molecular formula is C36H38N2O5S. The number of hydrogen-bond donors (Lipinski definition) is 1. The van der Waals surface area contributed by atoms with Crippen molar-refractivity contribution in [3.63, 3.8) is 0 Å². The second kappa shape index (κ2) is 12.3. The van der Waals surface area contributed by atoms with Crippen LogP contribution in [0.25, 0.3) is 10.8 Å². The van der Waals surface area contributed by atoms with E-state index >= 15 is 4.79 Å². The molecule has 228 valence electrons. The maximum Gasteiger partial charge on any atom is 0.311 e. The van der Waals surface area contributed by atoms with Gasteiger partial charge in [-0.05, 0) is 47.2 Å². The minimum absolute atomic E-state index is 0.0212. The van der Waals surface area contributed by atoms with Gasteiger partial charge in [0.25, 0.3) is 5.91 Å². The molecule has 1 N–H and O–H groups in total. The highest BCUT2D eigenvalue weighted by molar-refractivity contribution is 8.02. The Hall–Kier alpha value is -3.88. The van der Waals surface area contributed by atoms with Crippen LogP contribution in [-0.2, 0) is 25.5 Å². The third-order valence-electron chi connectivity index (χ3n) is 9.57. The van der Waals surface area contributed by atoms with Crippen LogP contribution in [0.1, 0.15) is 18.9 Å². The number of nitrogens with zero attached hydrogens (tertiary/aromatic N) is 2. The number of carbonyl (C=O) groups excluding carboxylic acids is 3. The number of amides is 2. The second-order valence-corrected chi connectivity index (χ2v) is 13.6. The number of benzene rings is 3. The van der Waals surface area contributed by atoms with Gasteiger partial charge in [0.05, 0.1) is 29.2 Å². The summed E-state index contributed by atoms with van der Waals surface area (Å²) in [6.45, 7) is 9.67. The number of rotatable bonds is 11. The normalized spacial score (nSPS) is 27.6. The van der Waals surface area contributed by atoms with Crippen LogP contribution in [0.2, 0.25) is 0 Å². The van der Waals surface area contributed by atoms with E-state index in [-0.39, 0.29) is 42.7 Å². The van der Waals surface area contributed by atoms with Gasteiger partial charge in [0.15, 0.2) is 0 Å². The van der Waals surface area contributed by atoms with Gasteiger partial charge in [0.2, 0.25) is 5.91 Å². The van der Waals surface area contributed by atoms with Crippen molar-refractivity contribution in [2.24, 2.45) is 17.8 Å². The summed E-state index contributed by atoms with van der Waals surface area (Å²) in [5.41, 5.74) is 1.65. The number of esters is 1. The smallest absolute Gasteiger partial charge is 0.311 e. The van der Waals surface area contributed by atoms with Crippen molar-refractivity contribution in [2.45, 2.75) is 41.8 Å². The quantitative estimate of drug-likeness (QED) is 0.242. The number of ether oxygens (including phenoxy) is 1. The zero-order valence-corrected chi connectivity index (χ0v) is 25.7. The average Bonchev–Trinajstić information content (AvgIpc) is 3.64. The van der Waals surface area contributed by atoms with Crippen molar-refractivity contribution in [3.05, 3.63) is 104 Å². The Morgan fingerprint density at radius 2 is 1.82 bits per heavy atom. The molecule has 8 heteroatoms. The standard InChI is InChI=1S/C36H38N2O5S/c1-4-17-37(27-16-15-25-13-9-10-14-26(25)21-27)34(41)32-36-23(3)19-29(44-36)30(35(42)43-18-5-2)31(36)33(40)38(32)28(22-39)20-24-11-7-6-8-12-24/h4-16,21,23,28-32,39H,1-2,17-20,22H2,3H3/t23?,28-,29+,30-,31+,32?,36?/m1/s1. The molecule has 2 bridgehead atoms. The molecule has 1 spiro atoms. The molecule has 0 aromatic heterocycles. The summed E-state index contributed by atoms with van der Waals surface area (Å²) in [7, 11) is 0. The third-order valence-corrected chi connectivity index (χ3v) is 11.6. The predicted molar refractivity (Wildman–Crippen MR) is 174 cm³/mol. The Labute approximate surface area is 262 Å². The summed E-state index contributed by atoms with van der Waals surface area (Å²) in [4.78, 5) is 46.6. The van der Waals surface area contributed by atoms with Crippen LogP contribution in [0, 0.1) is 17.8 Å². The summed E-state index contributed by atoms with van der Waals surface area (Å²) in [6, 6.07) is 22.0. The summed E-state index contributed by atoms with van der Waals surface area (Å²) >= 11 is 1.59. The zero-order chi connectivity index (χ0) is 31.0. The number of hydrogen-bond acceptors (Lipinski definition) is 6. The van der Waals surface area contributed by atoms with Gasteiger partial charge < -0.3 is 19.6 Å². The second-order valence-electron chi connectivity index (χ2n) is 12.0. The molecule has 3 heterocycles. The highest BCUT2D eigenvalue weighted by Crippen LogP contribution is 2.69. The SMILES string of the molecule is C=CCOC(=O)[C@@H]1[C@@H]2CC(C)C3(S2)C(C(=O)N(CC=C)c2ccc4ccccc4c2)N([C@@H](CO)Cc2ccccc2)C(=O)[C@H]13.